The van der Waals surface area contributed by atoms with Crippen molar-refractivity contribution >= 4 is 34.7 Å². The molecule has 220 valence electrons. The number of hydroxylamine groups is 1. The molecule has 11 nitrogen and oxygen atoms in total. The average molecular weight is 590 g/mol. The highest BCUT2D eigenvalue weighted by molar-refractivity contribution is 6.30. The third-order valence-corrected chi connectivity index (χ3v) is 9.21. The first kappa shape index (κ1) is 27.2. The maximum absolute atomic E-state index is 11.9. The molecule has 1 saturated carbocycles. The predicted molar refractivity (Wildman–Crippen MR) is 160 cm³/mol. The van der Waals surface area contributed by atoms with E-state index in [9.17, 15) is 4.79 Å². The van der Waals surface area contributed by atoms with Gasteiger partial charge in [-0.3, -0.25) is 15.0 Å². The summed E-state index contributed by atoms with van der Waals surface area (Å²) in [5.41, 5.74) is 7.86. The summed E-state index contributed by atoms with van der Waals surface area (Å²) in [6.07, 6.45) is 11.2. The van der Waals surface area contributed by atoms with Gasteiger partial charge in [0.1, 0.15) is 0 Å². The molecule has 3 fully saturated rings. The number of imidazole rings is 1. The van der Waals surface area contributed by atoms with Crippen LogP contribution in [0.15, 0.2) is 36.8 Å². The summed E-state index contributed by atoms with van der Waals surface area (Å²) in [5.74, 6) is 2.27. The fourth-order valence-corrected chi connectivity index (χ4v) is 7.02. The Labute approximate surface area is 249 Å². The van der Waals surface area contributed by atoms with Crippen LogP contribution in [0.3, 0.4) is 0 Å². The van der Waals surface area contributed by atoms with E-state index in [-0.39, 0.29) is 6.04 Å². The molecule has 12 heteroatoms. The molecule has 2 atom stereocenters. The molecule has 6 heterocycles. The van der Waals surface area contributed by atoms with E-state index in [0.717, 1.165) is 66.6 Å². The van der Waals surface area contributed by atoms with Crippen LogP contribution in [0.2, 0.25) is 5.02 Å². The van der Waals surface area contributed by atoms with Crippen molar-refractivity contribution in [3.63, 3.8) is 0 Å². The van der Waals surface area contributed by atoms with E-state index in [1.54, 1.807) is 12.4 Å². The molecule has 0 bridgehead atoms. The van der Waals surface area contributed by atoms with Gasteiger partial charge in [-0.25, -0.2) is 14.8 Å². The lowest BCUT2D eigenvalue weighted by atomic mass is 9.83. The summed E-state index contributed by atoms with van der Waals surface area (Å²) in [6, 6.07) is 6.16. The Balaban J connectivity index is 1.42. The minimum Gasteiger partial charge on any atom is -0.351 e. The normalized spacial score (nSPS) is 24.4. The fraction of sp³-hybridized carbons (Fsp3) is 0.500. The number of halogens is 1. The highest BCUT2D eigenvalue weighted by Gasteiger charge is 2.35. The molecular formula is C30H36ClN9O2. The molecular weight excluding hydrogens is 554 g/mol. The van der Waals surface area contributed by atoms with Crippen LogP contribution in [-0.2, 0) is 17.9 Å². The topological polar surface area (TPSA) is 115 Å². The summed E-state index contributed by atoms with van der Waals surface area (Å²) in [5, 5.41) is 7.89. The van der Waals surface area contributed by atoms with E-state index < -0.39 is 12.3 Å². The second kappa shape index (κ2) is 11.2. The Morgan fingerprint density at radius 3 is 2.74 bits per heavy atom. The highest BCUT2D eigenvalue weighted by Crippen LogP contribution is 2.41. The molecule has 0 radical (unpaired) electrons. The van der Waals surface area contributed by atoms with Gasteiger partial charge in [0.15, 0.2) is 6.17 Å². The van der Waals surface area contributed by atoms with E-state index in [1.807, 2.05) is 18.3 Å². The average Bonchev–Trinajstić information content (AvgIpc) is 3.80. The first-order valence-corrected chi connectivity index (χ1v) is 15.4. The number of carbonyl (C=O) groups excluding carboxylic acids is 1. The quantitative estimate of drug-likeness (QED) is 0.279. The fourth-order valence-electron chi connectivity index (χ4n) is 6.84. The molecule has 2 saturated heterocycles. The molecule has 2 aliphatic heterocycles. The van der Waals surface area contributed by atoms with Crippen molar-refractivity contribution in [3.8, 4) is 11.3 Å². The SMILES string of the molecule is CCn1nccc1C1CCCN1c1nc2cc(C3NOC(=O)N3)nc(-c3cncc(Cl)c3)c2n1CC1CCC(C)CC1. The maximum atomic E-state index is 11.9. The van der Waals surface area contributed by atoms with E-state index >= 15 is 0 Å². The Bertz CT molecular complexity index is 1610. The van der Waals surface area contributed by atoms with Crippen LogP contribution in [0.1, 0.15) is 76.0 Å². The molecule has 4 aromatic heterocycles. The minimum atomic E-state index is -0.598. The van der Waals surface area contributed by atoms with Gasteiger partial charge in [0, 0.05) is 43.8 Å². The number of rotatable bonds is 7. The summed E-state index contributed by atoms with van der Waals surface area (Å²) in [4.78, 5) is 34.1. The van der Waals surface area contributed by atoms with Gasteiger partial charge in [-0.1, -0.05) is 31.4 Å². The highest BCUT2D eigenvalue weighted by atomic mass is 35.5. The van der Waals surface area contributed by atoms with E-state index in [4.69, 9.17) is 26.4 Å². The zero-order chi connectivity index (χ0) is 28.8. The van der Waals surface area contributed by atoms with Crippen molar-refractivity contribution in [2.45, 2.75) is 77.7 Å². The van der Waals surface area contributed by atoms with Gasteiger partial charge in [0.05, 0.1) is 39.2 Å². The van der Waals surface area contributed by atoms with Gasteiger partial charge < -0.3 is 14.3 Å². The number of aromatic nitrogens is 6. The number of anilines is 1. The predicted octanol–water partition coefficient (Wildman–Crippen LogP) is 5.77. The Morgan fingerprint density at radius 2 is 1.98 bits per heavy atom. The van der Waals surface area contributed by atoms with Gasteiger partial charge in [-0.15, -0.1) is 5.48 Å². The molecule has 1 aliphatic carbocycles. The van der Waals surface area contributed by atoms with Crippen LogP contribution < -0.4 is 15.7 Å². The number of carbonyl (C=O) groups is 1. The zero-order valence-corrected chi connectivity index (χ0v) is 24.7. The van der Waals surface area contributed by atoms with Crippen molar-refractivity contribution in [2.24, 2.45) is 11.8 Å². The van der Waals surface area contributed by atoms with Crippen molar-refractivity contribution in [2.75, 3.05) is 11.4 Å². The Hall–Kier alpha value is -3.70. The number of fused-ring (bicyclic) bond motifs is 1. The second-order valence-corrected chi connectivity index (χ2v) is 12.2. The molecule has 0 spiro atoms. The van der Waals surface area contributed by atoms with Crippen LogP contribution in [0, 0.1) is 11.8 Å². The molecule has 7 rings (SSSR count). The summed E-state index contributed by atoms with van der Waals surface area (Å²) < 4.78 is 4.49. The van der Waals surface area contributed by atoms with E-state index in [0.29, 0.717) is 16.6 Å². The van der Waals surface area contributed by atoms with Crippen molar-refractivity contribution in [3.05, 3.63) is 53.2 Å². The minimum absolute atomic E-state index is 0.183. The first-order valence-electron chi connectivity index (χ1n) is 15.0. The van der Waals surface area contributed by atoms with Crippen LogP contribution in [-0.4, -0.2) is 41.9 Å². The molecule has 4 aromatic rings. The van der Waals surface area contributed by atoms with Crippen LogP contribution in [0.5, 0.6) is 0 Å². The van der Waals surface area contributed by atoms with E-state index in [1.165, 1.54) is 31.4 Å². The third kappa shape index (κ3) is 4.98. The number of nitrogens with one attached hydrogen (secondary N) is 2. The number of amides is 1. The number of hydrogen-bond donors (Lipinski definition) is 2. The van der Waals surface area contributed by atoms with Gasteiger partial charge in [0.2, 0.25) is 5.95 Å². The monoisotopic (exact) mass is 589 g/mol. The van der Waals surface area contributed by atoms with Crippen molar-refractivity contribution in [1.29, 1.82) is 0 Å². The second-order valence-electron chi connectivity index (χ2n) is 11.8. The first-order chi connectivity index (χ1) is 20.5. The van der Waals surface area contributed by atoms with Crippen molar-refractivity contribution in [1.82, 2.24) is 40.1 Å². The van der Waals surface area contributed by atoms with E-state index in [2.05, 4.69) is 54.9 Å². The van der Waals surface area contributed by atoms with Gasteiger partial charge in [-0.2, -0.15) is 5.10 Å². The zero-order valence-electron chi connectivity index (χ0n) is 24.0. The van der Waals surface area contributed by atoms with Crippen LogP contribution in [0.25, 0.3) is 22.3 Å². The number of nitrogens with zero attached hydrogens (tertiary/aromatic N) is 7. The lowest BCUT2D eigenvalue weighted by Crippen LogP contribution is -2.29. The van der Waals surface area contributed by atoms with Gasteiger partial charge in [-0.05, 0) is 62.6 Å². The number of aryl methyl sites for hydroxylation is 1. The smallest absolute Gasteiger partial charge is 0.351 e. The molecule has 3 aliphatic rings. The summed E-state index contributed by atoms with van der Waals surface area (Å²) >= 11 is 6.44. The van der Waals surface area contributed by atoms with Crippen LogP contribution in [0.4, 0.5) is 10.7 Å². The Morgan fingerprint density at radius 1 is 1.12 bits per heavy atom. The number of pyridine rings is 2. The van der Waals surface area contributed by atoms with Crippen molar-refractivity contribution < 1.29 is 9.63 Å². The Kier molecular flexibility index (Phi) is 7.23. The van der Waals surface area contributed by atoms with Gasteiger partial charge in [0.25, 0.3) is 0 Å². The molecule has 2 unspecified atom stereocenters. The molecule has 2 N–H and O–H groups in total. The lowest BCUT2D eigenvalue weighted by Gasteiger charge is -2.30. The molecule has 42 heavy (non-hydrogen) atoms. The number of hydrogen-bond acceptors (Lipinski definition) is 8. The van der Waals surface area contributed by atoms with Crippen LogP contribution >= 0.6 is 11.6 Å². The largest absolute Gasteiger partial charge is 0.427 e. The molecule has 0 aromatic carbocycles. The van der Waals surface area contributed by atoms with Gasteiger partial charge >= 0.3 is 6.09 Å². The lowest BCUT2D eigenvalue weighted by molar-refractivity contribution is 0.121. The third-order valence-electron chi connectivity index (χ3n) is 9.01. The maximum Gasteiger partial charge on any atom is 0.427 e. The molecule has 1 amide bonds. The standard InChI is InChI=1S/C30H36ClN9O2/c1-3-40-25(10-11-33-40)24-5-4-12-38(24)29-35-22-14-23(28-36-30(41)42-37-28)34-26(20-13-21(31)16-32-15-20)27(22)39(29)17-19-8-6-18(2)7-9-19/h10-11,13-16,18-19,24,28,37H,3-9,12,17H2,1-2H3,(H,36,41). The summed E-state index contributed by atoms with van der Waals surface area (Å²) in [7, 11) is 0. The summed E-state index contributed by atoms with van der Waals surface area (Å²) in [6.45, 7) is 7.08.